The van der Waals surface area contributed by atoms with Gasteiger partial charge in [0.05, 0.1) is 22.7 Å². The third kappa shape index (κ3) is 9.37. The maximum absolute atomic E-state index is 14.6. The van der Waals surface area contributed by atoms with Crippen LogP contribution in [0.25, 0.3) is 0 Å². The van der Waals surface area contributed by atoms with Crippen molar-refractivity contribution in [3.8, 4) is 5.75 Å². The van der Waals surface area contributed by atoms with Crippen molar-refractivity contribution in [2.45, 2.75) is 57.1 Å². The van der Waals surface area contributed by atoms with Crippen LogP contribution >= 0.6 is 27.5 Å². The molecule has 0 aliphatic rings. The van der Waals surface area contributed by atoms with Gasteiger partial charge >= 0.3 is 0 Å². The molecule has 2 amide bonds. The average Bonchev–Trinajstić information content (AvgIpc) is 3.05. The van der Waals surface area contributed by atoms with E-state index in [-0.39, 0.29) is 40.5 Å². The Morgan fingerprint density at radius 3 is 2.23 bits per heavy atom. The van der Waals surface area contributed by atoms with Crippen molar-refractivity contribution in [3.05, 3.63) is 123 Å². The lowest BCUT2D eigenvalue weighted by Gasteiger charge is -2.34. The van der Waals surface area contributed by atoms with Crippen molar-refractivity contribution in [2.75, 3.05) is 18.0 Å². The van der Waals surface area contributed by atoms with Gasteiger partial charge in [-0.3, -0.25) is 13.9 Å². The molecule has 0 saturated carbocycles. The molecule has 4 aromatic carbocycles. The molecular formula is C36H39BrClN3O5S. The predicted molar refractivity (Wildman–Crippen MR) is 190 cm³/mol. The van der Waals surface area contributed by atoms with Gasteiger partial charge in [0.2, 0.25) is 11.8 Å². The first-order valence-corrected chi connectivity index (χ1v) is 17.8. The van der Waals surface area contributed by atoms with Crippen LogP contribution in [0, 0.1) is 6.92 Å². The molecule has 11 heteroatoms. The van der Waals surface area contributed by atoms with Gasteiger partial charge in [-0.25, -0.2) is 8.42 Å². The van der Waals surface area contributed by atoms with Gasteiger partial charge in [0, 0.05) is 23.5 Å². The van der Waals surface area contributed by atoms with E-state index >= 15 is 0 Å². The lowest BCUT2D eigenvalue weighted by Crippen LogP contribution is -2.54. The molecule has 0 fully saturated rings. The minimum atomic E-state index is -4.26. The first kappa shape index (κ1) is 36.0. The van der Waals surface area contributed by atoms with E-state index in [0.717, 1.165) is 25.5 Å². The molecule has 0 heterocycles. The lowest BCUT2D eigenvalue weighted by atomic mass is 10.0. The quantitative estimate of drug-likeness (QED) is 0.148. The van der Waals surface area contributed by atoms with Gasteiger partial charge in [-0.2, -0.15) is 0 Å². The summed E-state index contributed by atoms with van der Waals surface area (Å²) in [5.74, 6) is -0.532. The van der Waals surface area contributed by atoms with Gasteiger partial charge in [-0.1, -0.05) is 94.6 Å². The third-order valence-corrected chi connectivity index (χ3v) is 10.4. The number of benzene rings is 4. The van der Waals surface area contributed by atoms with Crippen LogP contribution in [0.2, 0.25) is 5.02 Å². The third-order valence-electron chi connectivity index (χ3n) is 7.83. The van der Waals surface area contributed by atoms with E-state index in [1.165, 1.54) is 30.2 Å². The Labute approximate surface area is 290 Å². The number of carbonyl (C=O) groups is 2. The SMILES string of the molecule is CCC(C)NC(=O)C(Cc1ccccc1)N(Cc1cccc(Br)c1)C(=O)CN(c1ccc(OC)c(Cl)c1)S(=O)(=O)c1ccc(C)cc1. The minimum Gasteiger partial charge on any atom is -0.495 e. The highest BCUT2D eigenvalue weighted by Crippen LogP contribution is 2.32. The van der Waals surface area contributed by atoms with Crippen molar-refractivity contribution >= 4 is 55.1 Å². The second-order valence-corrected chi connectivity index (χ2v) is 14.5. The molecule has 0 aliphatic carbocycles. The van der Waals surface area contributed by atoms with Gasteiger partial charge in [0.25, 0.3) is 10.0 Å². The summed E-state index contributed by atoms with van der Waals surface area (Å²) in [5.41, 5.74) is 2.68. The topological polar surface area (TPSA) is 96.0 Å². The van der Waals surface area contributed by atoms with Crippen molar-refractivity contribution in [1.29, 1.82) is 0 Å². The number of anilines is 1. The molecule has 8 nitrogen and oxygen atoms in total. The zero-order chi connectivity index (χ0) is 34.1. The highest BCUT2D eigenvalue weighted by atomic mass is 79.9. The molecule has 0 aliphatic heterocycles. The first-order valence-electron chi connectivity index (χ1n) is 15.2. The highest BCUT2D eigenvalue weighted by molar-refractivity contribution is 9.10. The monoisotopic (exact) mass is 739 g/mol. The molecule has 0 radical (unpaired) electrons. The number of aryl methyl sites for hydroxylation is 1. The average molecular weight is 741 g/mol. The second kappa shape index (κ2) is 16.3. The molecule has 248 valence electrons. The Morgan fingerprint density at radius 1 is 0.936 bits per heavy atom. The fraction of sp³-hybridized carbons (Fsp3) is 0.278. The van der Waals surface area contributed by atoms with Gasteiger partial charge in [-0.05, 0) is 73.9 Å². The minimum absolute atomic E-state index is 0.0109. The van der Waals surface area contributed by atoms with Gasteiger partial charge in [0.15, 0.2) is 0 Å². The molecule has 47 heavy (non-hydrogen) atoms. The second-order valence-electron chi connectivity index (χ2n) is 11.3. The maximum Gasteiger partial charge on any atom is 0.264 e. The summed E-state index contributed by atoms with van der Waals surface area (Å²) in [6, 6.07) is 26.8. The summed E-state index contributed by atoms with van der Waals surface area (Å²) >= 11 is 9.96. The van der Waals surface area contributed by atoms with E-state index in [4.69, 9.17) is 16.3 Å². The van der Waals surface area contributed by atoms with Crippen LogP contribution < -0.4 is 14.4 Å². The summed E-state index contributed by atoms with van der Waals surface area (Å²) in [4.78, 5) is 30.1. The van der Waals surface area contributed by atoms with E-state index < -0.39 is 28.5 Å². The van der Waals surface area contributed by atoms with Crippen molar-refractivity contribution < 1.29 is 22.7 Å². The van der Waals surface area contributed by atoms with Crippen molar-refractivity contribution in [1.82, 2.24) is 10.2 Å². The summed E-state index contributed by atoms with van der Waals surface area (Å²) in [7, 11) is -2.80. The molecule has 1 N–H and O–H groups in total. The number of halogens is 2. The lowest BCUT2D eigenvalue weighted by molar-refractivity contribution is -0.140. The Kier molecular flexibility index (Phi) is 12.5. The Bertz CT molecular complexity index is 1790. The number of sulfonamides is 1. The van der Waals surface area contributed by atoms with Gasteiger partial charge in [0.1, 0.15) is 18.3 Å². The summed E-state index contributed by atoms with van der Waals surface area (Å²) in [6.45, 7) is 5.20. The molecule has 0 aromatic heterocycles. The number of ether oxygens (including phenoxy) is 1. The number of nitrogens with one attached hydrogen (secondary N) is 1. The number of amides is 2. The summed E-state index contributed by atoms with van der Waals surface area (Å²) < 4.78 is 35.6. The van der Waals surface area contributed by atoms with Crippen LogP contribution in [0.1, 0.15) is 37.0 Å². The zero-order valence-electron chi connectivity index (χ0n) is 26.8. The van der Waals surface area contributed by atoms with E-state index in [0.29, 0.717) is 12.2 Å². The van der Waals surface area contributed by atoms with Crippen molar-refractivity contribution in [3.63, 3.8) is 0 Å². The molecule has 2 unspecified atom stereocenters. The number of methoxy groups -OCH3 is 1. The smallest absolute Gasteiger partial charge is 0.264 e. The van der Waals surface area contributed by atoms with Crippen LogP contribution in [0.5, 0.6) is 5.75 Å². The zero-order valence-corrected chi connectivity index (χ0v) is 30.0. The Hall–Kier alpha value is -3.86. The summed E-state index contributed by atoms with van der Waals surface area (Å²) in [6.07, 6.45) is 0.923. The van der Waals surface area contributed by atoms with Crippen LogP contribution in [0.4, 0.5) is 5.69 Å². The van der Waals surface area contributed by atoms with Crippen LogP contribution in [0.15, 0.2) is 106 Å². The number of hydrogen-bond donors (Lipinski definition) is 1. The number of nitrogens with zero attached hydrogens (tertiary/aromatic N) is 2. The van der Waals surface area contributed by atoms with Crippen LogP contribution in [-0.2, 0) is 32.6 Å². The normalized spacial score (nSPS) is 12.6. The molecular weight excluding hydrogens is 702 g/mol. The Morgan fingerprint density at radius 2 is 1.62 bits per heavy atom. The number of hydrogen-bond acceptors (Lipinski definition) is 5. The van der Waals surface area contributed by atoms with Crippen LogP contribution in [0.3, 0.4) is 0 Å². The summed E-state index contributed by atoms with van der Waals surface area (Å²) in [5, 5.41) is 3.23. The standard InChI is InChI=1S/C36H39BrClN3O5S/c1-5-26(3)39-36(43)33(21-27-10-7-6-8-11-27)40(23-28-12-9-13-29(37)20-28)35(42)24-41(30-16-19-34(46-4)32(38)22-30)47(44,45)31-17-14-25(2)15-18-31/h6-20,22,26,33H,5,21,23-24H2,1-4H3,(H,39,43). The van der Waals surface area contributed by atoms with E-state index in [2.05, 4.69) is 21.2 Å². The van der Waals surface area contributed by atoms with E-state index in [9.17, 15) is 18.0 Å². The van der Waals surface area contributed by atoms with E-state index in [1.54, 1.807) is 24.3 Å². The highest BCUT2D eigenvalue weighted by Gasteiger charge is 2.35. The first-order chi connectivity index (χ1) is 22.4. The molecule has 0 spiro atoms. The van der Waals surface area contributed by atoms with Gasteiger partial charge in [-0.15, -0.1) is 0 Å². The largest absolute Gasteiger partial charge is 0.495 e. The fourth-order valence-corrected chi connectivity index (χ4v) is 7.11. The van der Waals surface area contributed by atoms with Crippen molar-refractivity contribution in [2.24, 2.45) is 0 Å². The maximum atomic E-state index is 14.6. The van der Waals surface area contributed by atoms with E-state index in [1.807, 2.05) is 75.4 Å². The molecule has 0 saturated heterocycles. The number of rotatable bonds is 14. The molecule has 4 aromatic rings. The molecule has 2 atom stereocenters. The molecule has 4 rings (SSSR count). The Balaban J connectivity index is 1.83. The molecule has 0 bridgehead atoms. The predicted octanol–water partition coefficient (Wildman–Crippen LogP) is 7.17. The van der Waals surface area contributed by atoms with Gasteiger partial charge < -0.3 is 15.0 Å². The van der Waals surface area contributed by atoms with Crippen LogP contribution in [-0.4, -0.2) is 50.9 Å². The fourth-order valence-electron chi connectivity index (χ4n) is 5.00. The number of carbonyl (C=O) groups excluding carboxylic acids is 2.